The summed E-state index contributed by atoms with van der Waals surface area (Å²) >= 11 is 0. The van der Waals surface area contributed by atoms with E-state index in [1.807, 2.05) is 6.07 Å². The summed E-state index contributed by atoms with van der Waals surface area (Å²) in [7, 11) is 0. The Morgan fingerprint density at radius 2 is 1.74 bits per heavy atom. The van der Waals surface area contributed by atoms with Crippen LogP contribution in [0, 0.1) is 11.8 Å². The van der Waals surface area contributed by atoms with Gasteiger partial charge in [0.25, 0.3) is 5.91 Å². The maximum atomic E-state index is 13.4. The summed E-state index contributed by atoms with van der Waals surface area (Å²) in [5, 5.41) is 3.12. The number of likely N-dealkylation sites (tertiary alicyclic amines) is 1. The molecule has 0 radical (unpaired) electrons. The van der Waals surface area contributed by atoms with Gasteiger partial charge in [0, 0.05) is 12.6 Å². The average Bonchev–Trinajstić information content (AvgIpc) is 3.19. The average molecular weight is 370 g/mol. The first-order chi connectivity index (χ1) is 13.0. The fourth-order valence-corrected chi connectivity index (χ4v) is 5.46. The molecule has 1 saturated carbocycles. The number of benzene rings is 1. The van der Waals surface area contributed by atoms with Gasteiger partial charge in [-0.05, 0) is 49.5 Å². The Kier molecular flexibility index (Phi) is 4.97. The molecule has 3 aliphatic rings. The number of imide groups is 1. The van der Waals surface area contributed by atoms with Crippen molar-refractivity contribution in [1.29, 1.82) is 0 Å². The van der Waals surface area contributed by atoms with Crippen LogP contribution in [0.4, 0.5) is 4.79 Å². The summed E-state index contributed by atoms with van der Waals surface area (Å²) in [6.07, 6.45) is 6.37. The van der Waals surface area contributed by atoms with Gasteiger partial charge in [0.1, 0.15) is 5.54 Å². The Bertz CT molecular complexity index is 695. The number of rotatable bonds is 4. The van der Waals surface area contributed by atoms with Crippen LogP contribution in [0.2, 0.25) is 0 Å². The van der Waals surface area contributed by atoms with Gasteiger partial charge >= 0.3 is 6.03 Å². The highest BCUT2D eigenvalue weighted by molar-refractivity contribution is 6.07. The van der Waals surface area contributed by atoms with E-state index in [2.05, 4.69) is 48.3 Å². The molecule has 5 nitrogen and oxygen atoms in total. The summed E-state index contributed by atoms with van der Waals surface area (Å²) in [5.74, 6) is 0.389. The molecule has 1 aromatic rings. The van der Waals surface area contributed by atoms with Gasteiger partial charge in [0.05, 0.1) is 6.67 Å². The molecule has 5 heteroatoms. The second-order valence-electron chi connectivity index (χ2n) is 8.70. The first kappa shape index (κ1) is 18.5. The van der Waals surface area contributed by atoms with Gasteiger partial charge < -0.3 is 5.32 Å². The molecule has 3 unspecified atom stereocenters. The lowest BCUT2D eigenvalue weighted by atomic mass is 9.67. The van der Waals surface area contributed by atoms with Gasteiger partial charge in [0.2, 0.25) is 0 Å². The number of hydrogen-bond donors (Lipinski definition) is 1. The maximum Gasteiger partial charge on any atom is 0.326 e. The molecule has 1 spiro atoms. The highest BCUT2D eigenvalue weighted by atomic mass is 16.2. The van der Waals surface area contributed by atoms with E-state index < -0.39 is 5.54 Å². The van der Waals surface area contributed by atoms with Crippen molar-refractivity contribution in [1.82, 2.24) is 15.1 Å². The predicted molar refractivity (Wildman–Crippen MR) is 105 cm³/mol. The normalized spacial score (nSPS) is 34.4. The summed E-state index contributed by atoms with van der Waals surface area (Å²) in [5.41, 5.74) is 0.627. The molecule has 2 heterocycles. The number of carbonyl (C=O) groups is 2. The highest BCUT2D eigenvalue weighted by Gasteiger charge is 2.58. The predicted octanol–water partition coefficient (Wildman–Crippen LogP) is 3.40. The van der Waals surface area contributed by atoms with Crippen LogP contribution < -0.4 is 5.32 Å². The third kappa shape index (κ3) is 3.16. The number of hydrogen-bond acceptors (Lipinski definition) is 3. The Labute approximate surface area is 162 Å². The fourth-order valence-electron chi connectivity index (χ4n) is 5.46. The van der Waals surface area contributed by atoms with Gasteiger partial charge in [0.15, 0.2) is 0 Å². The molecule has 2 saturated heterocycles. The van der Waals surface area contributed by atoms with Crippen molar-refractivity contribution in [3.63, 3.8) is 0 Å². The third-order valence-corrected chi connectivity index (χ3v) is 7.12. The first-order valence-electron chi connectivity index (χ1n) is 10.4. The van der Waals surface area contributed by atoms with E-state index in [9.17, 15) is 9.59 Å². The van der Waals surface area contributed by atoms with Gasteiger partial charge in [-0.15, -0.1) is 0 Å². The van der Waals surface area contributed by atoms with E-state index in [0.717, 1.165) is 45.1 Å². The van der Waals surface area contributed by atoms with E-state index in [1.165, 1.54) is 10.5 Å². The maximum absolute atomic E-state index is 13.4. The number of carbonyl (C=O) groups excluding carboxylic acids is 2. The largest absolute Gasteiger partial charge is 0.326 e. The first-order valence-corrected chi connectivity index (χ1v) is 10.4. The van der Waals surface area contributed by atoms with E-state index >= 15 is 0 Å². The van der Waals surface area contributed by atoms with Crippen LogP contribution in [-0.2, 0) is 11.2 Å². The van der Waals surface area contributed by atoms with Crippen LogP contribution in [0.15, 0.2) is 30.3 Å². The minimum atomic E-state index is -0.690. The Balaban J connectivity index is 1.48. The van der Waals surface area contributed by atoms with Gasteiger partial charge in [-0.2, -0.15) is 0 Å². The second-order valence-corrected chi connectivity index (χ2v) is 8.70. The Morgan fingerprint density at radius 1 is 1.04 bits per heavy atom. The fraction of sp³-hybridized carbons (Fsp3) is 0.636. The molecular formula is C22H31N3O2. The lowest BCUT2D eigenvalue weighted by molar-refractivity contribution is -0.138. The van der Waals surface area contributed by atoms with E-state index in [0.29, 0.717) is 12.7 Å². The topological polar surface area (TPSA) is 52.7 Å². The SMILES string of the molecule is CC1CCCC(C)C12NC(=O)N(CN1CCCC1Cc1ccccc1)C2=O. The van der Waals surface area contributed by atoms with Gasteiger partial charge in [-0.3, -0.25) is 9.69 Å². The van der Waals surface area contributed by atoms with Crippen LogP contribution in [-0.4, -0.2) is 46.5 Å². The lowest BCUT2D eigenvalue weighted by Gasteiger charge is -2.42. The molecule has 146 valence electrons. The number of amides is 3. The molecule has 0 bridgehead atoms. The highest BCUT2D eigenvalue weighted by Crippen LogP contribution is 2.42. The second kappa shape index (κ2) is 7.27. The summed E-state index contributed by atoms with van der Waals surface area (Å²) < 4.78 is 0. The Morgan fingerprint density at radius 3 is 2.44 bits per heavy atom. The van der Waals surface area contributed by atoms with Crippen molar-refractivity contribution in [2.45, 2.75) is 64.0 Å². The molecule has 4 rings (SSSR count). The number of urea groups is 1. The molecule has 0 aromatic heterocycles. The molecule has 3 atom stereocenters. The minimum Gasteiger partial charge on any atom is -0.323 e. The standard InChI is InChI=1S/C22H31N3O2/c1-16-8-6-9-17(2)22(16)20(26)25(21(27)23-22)15-24-13-7-12-19(24)14-18-10-4-3-5-11-18/h3-5,10-11,16-17,19H,6-9,12-15H2,1-2H3,(H,23,27). The van der Waals surface area contributed by atoms with Crippen LogP contribution >= 0.6 is 0 Å². The van der Waals surface area contributed by atoms with Crippen LogP contribution in [0.1, 0.15) is 51.5 Å². The third-order valence-electron chi connectivity index (χ3n) is 7.12. The van der Waals surface area contributed by atoms with Crippen molar-refractivity contribution in [2.75, 3.05) is 13.2 Å². The summed E-state index contributed by atoms with van der Waals surface area (Å²) in [4.78, 5) is 30.0. The van der Waals surface area contributed by atoms with E-state index in [4.69, 9.17) is 0 Å². The minimum absolute atomic E-state index is 0.00226. The zero-order chi connectivity index (χ0) is 19.0. The smallest absolute Gasteiger partial charge is 0.323 e. The molecule has 2 aliphatic heterocycles. The van der Waals surface area contributed by atoms with Crippen molar-refractivity contribution in [2.24, 2.45) is 11.8 Å². The molecule has 1 aliphatic carbocycles. The molecule has 1 N–H and O–H groups in total. The van der Waals surface area contributed by atoms with E-state index in [-0.39, 0.29) is 23.8 Å². The van der Waals surface area contributed by atoms with Crippen LogP contribution in [0.5, 0.6) is 0 Å². The van der Waals surface area contributed by atoms with Crippen molar-refractivity contribution in [3.05, 3.63) is 35.9 Å². The Hall–Kier alpha value is -1.88. The number of nitrogens with zero attached hydrogens (tertiary/aromatic N) is 2. The molecular weight excluding hydrogens is 338 g/mol. The number of nitrogens with one attached hydrogen (secondary N) is 1. The van der Waals surface area contributed by atoms with Crippen molar-refractivity contribution in [3.8, 4) is 0 Å². The van der Waals surface area contributed by atoms with Crippen LogP contribution in [0.25, 0.3) is 0 Å². The van der Waals surface area contributed by atoms with Crippen molar-refractivity contribution >= 4 is 11.9 Å². The summed E-state index contributed by atoms with van der Waals surface area (Å²) in [6.45, 7) is 5.60. The zero-order valence-electron chi connectivity index (χ0n) is 16.5. The van der Waals surface area contributed by atoms with E-state index in [1.54, 1.807) is 0 Å². The van der Waals surface area contributed by atoms with Gasteiger partial charge in [-0.25, -0.2) is 9.69 Å². The summed E-state index contributed by atoms with van der Waals surface area (Å²) in [6, 6.07) is 10.7. The van der Waals surface area contributed by atoms with Gasteiger partial charge in [-0.1, -0.05) is 50.6 Å². The molecule has 3 amide bonds. The molecule has 3 fully saturated rings. The van der Waals surface area contributed by atoms with Crippen molar-refractivity contribution < 1.29 is 9.59 Å². The quantitative estimate of drug-likeness (QED) is 0.828. The monoisotopic (exact) mass is 369 g/mol. The lowest BCUT2D eigenvalue weighted by Crippen LogP contribution is -2.59. The zero-order valence-corrected chi connectivity index (χ0v) is 16.5. The van der Waals surface area contributed by atoms with Crippen LogP contribution in [0.3, 0.4) is 0 Å². The molecule has 27 heavy (non-hydrogen) atoms. The molecule has 1 aromatic carbocycles.